The Morgan fingerprint density at radius 3 is 2.83 bits per heavy atom. The maximum Gasteiger partial charge on any atom is 0.352 e. The van der Waals surface area contributed by atoms with Crippen molar-refractivity contribution in [3.05, 3.63) is 28.8 Å². The highest BCUT2D eigenvalue weighted by molar-refractivity contribution is 6.39. The Bertz CT molecular complexity index is 542. The molecule has 6 heteroatoms. The SMILES string of the molecule is CC(=O)Nc1ccc(Cl)cc1[C@@H]1COC(=O)C1=N. The number of carbonyl (C=O) groups excluding carboxylic acids is 2. The topological polar surface area (TPSA) is 79.2 Å². The first kappa shape index (κ1) is 12.6. The molecule has 1 aliphatic heterocycles. The minimum absolute atomic E-state index is 0.102. The number of rotatable bonds is 2. The van der Waals surface area contributed by atoms with Gasteiger partial charge < -0.3 is 10.1 Å². The van der Waals surface area contributed by atoms with E-state index in [4.69, 9.17) is 21.7 Å². The smallest absolute Gasteiger partial charge is 0.352 e. The molecule has 0 bridgehead atoms. The summed E-state index contributed by atoms with van der Waals surface area (Å²) in [6.07, 6.45) is 0. The minimum atomic E-state index is -0.631. The Hall–Kier alpha value is -1.88. The number of nitrogens with one attached hydrogen (secondary N) is 2. The van der Waals surface area contributed by atoms with Gasteiger partial charge in [0.05, 0.1) is 5.92 Å². The summed E-state index contributed by atoms with van der Waals surface area (Å²) in [5.41, 5.74) is 1.04. The van der Waals surface area contributed by atoms with Crippen LogP contribution in [0.3, 0.4) is 0 Å². The third kappa shape index (κ3) is 2.36. The van der Waals surface area contributed by atoms with Gasteiger partial charge in [0.15, 0.2) is 0 Å². The lowest BCUT2D eigenvalue weighted by molar-refractivity contribution is -0.132. The van der Waals surface area contributed by atoms with Crippen molar-refractivity contribution in [2.45, 2.75) is 12.8 Å². The van der Waals surface area contributed by atoms with E-state index in [1.54, 1.807) is 18.2 Å². The van der Waals surface area contributed by atoms with Crippen molar-refractivity contribution in [3.63, 3.8) is 0 Å². The Morgan fingerprint density at radius 1 is 1.56 bits per heavy atom. The van der Waals surface area contributed by atoms with Crippen molar-refractivity contribution in [3.8, 4) is 0 Å². The lowest BCUT2D eigenvalue weighted by Crippen LogP contribution is -2.16. The molecule has 1 amide bonds. The second kappa shape index (κ2) is 4.78. The molecule has 0 spiro atoms. The second-order valence-electron chi connectivity index (χ2n) is 3.98. The number of cyclic esters (lactones) is 1. The molecule has 18 heavy (non-hydrogen) atoms. The number of benzene rings is 1. The van der Waals surface area contributed by atoms with Crippen LogP contribution in [0.15, 0.2) is 18.2 Å². The maximum atomic E-state index is 11.2. The molecule has 0 radical (unpaired) electrons. The summed E-state index contributed by atoms with van der Waals surface area (Å²) in [5.74, 6) is -1.35. The van der Waals surface area contributed by atoms with Crippen molar-refractivity contribution in [2.24, 2.45) is 0 Å². The Labute approximate surface area is 109 Å². The van der Waals surface area contributed by atoms with Crippen molar-refractivity contribution < 1.29 is 14.3 Å². The number of amides is 1. The Morgan fingerprint density at radius 2 is 2.28 bits per heavy atom. The van der Waals surface area contributed by atoms with Crippen LogP contribution in [0.1, 0.15) is 18.4 Å². The molecule has 1 atom stereocenters. The number of anilines is 1. The summed E-state index contributed by atoms with van der Waals surface area (Å²) in [6.45, 7) is 1.49. The van der Waals surface area contributed by atoms with E-state index >= 15 is 0 Å². The van der Waals surface area contributed by atoms with Gasteiger partial charge in [0.2, 0.25) is 5.91 Å². The second-order valence-corrected chi connectivity index (χ2v) is 4.41. The zero-order valence-electron chi connectivity index (χ0n) is 9.62. The molecule has 0 saturated carbocycles. The summed E-state index contributed by atoms with van der Waals surface area (Å²) in [4.78, 5) is 22.3. The quantitative estimate of drug-likeness (QED) is 0.803. The molecule has 2 N–H and O–H groups in total. The van der Waals surface area contributed by atoms with Crippen LogP contribution in [-0.4, -0.2) is 24.2 Å². The van der Waals surface area contributed by atoms with Crippen LogP contribution < -0.4 is 5.32 Å². The summed E-state index contributed by atoms with van der Waals surface area (Å²) >= 11 is 5.91. The molecule has 94 valence electrons. The minimum Gasteiger partial charge on any atom is -0.460 e. The summed E-state index contributed by atoms with van der Waals surface area (Å²) in [7, 11) is 0. The molecule has 5 nitrogen and oxygen atoms in total. The van der Waals surface area contributed by atoms with Gasteiger partial charge in [0.1, 0.15) is 12.3 Å². The number of halogens is 1. The molecule has 1 aromatic rings. The molecule has 1 aliphatic rings. The van der Waals surface area contributed by atoms with Crippen LogP contribution in [0.4, 0.5) is 5.69 Å². The molecule has 0 unspecified atom stereocenters. The molecule has 0 aromatic heterocycles. The molecular weight excluding hydrogens is 256 g/mol. The Kier molecular flexibility index (Phi) is 3.34. The highest BCUT2D eigenvalue weighted by Crippen LogP contribution is 2.31. The molecule has 0 aliphatic carbocycles. The van der Waals surface area contributed by atoms with Crippen molar-refractivity contribution >= 4 is 34.9 Å². The van der Waals surface area contributed by atoms with Gasteiger partial charge in [-0.25, -0.2) is 4.79 Å². The van der Waals surface area contributed by atoms with Crippen molar-refractivity contribution in [1.82, 2.24) is 0 Å². The van der Waals surface area contributed by atoms with Gasteiger partial charge in [-0.2, -0.15) is 0 Å². The van der Waals surface area contributed by atoms with Gasteiger partial charge in [-0.05, 0) is 23.8 Å². The van der Waals surface area contributed by atoms with E-state index in [0.29, 0.717) is 16.3 Å². The van der Waals surface area contributed by atoms with Crippen LogP contribution in [-0.2, 0) is 14.3 Å². The van der Waals surface area contributed by atoms with Crippen molar-refractivity contribution in [2.75, 3.05) is 11.9 Å². The standard InChI is InChI=1S/C12H11ClN2O3/c1-6(16)15-10-3-2-7(13)4-8(10)9-5-18-12(17)11(9)14/h2-4,9,14H,5H2,1H3,(H,15,16)/t9-/m0/s1. The van der Waals surface area contributed by atoms with E-state index in [9.17, 15) is 9.59 Å². The number of esters is 1. The first-order valence-electron chi connectivity index (χ1n) is 5.31. The number of carbonyl (C=O) groups is 2. The molecular formula is C12H11ClN2O3. The lowest BCUT2D eigenvalue weighted by atomic mass is 9.95. The average molecular weight is 267 g/mol. The monoisotopic (exact) mass is 266 g/mol. The predicted molar refractivity (Wildman–Crippen MR) is 67.2 cm³/mol. The summed E-state index contributed by atoms with van der Waals surface area (Å²) in [6, 6.07) is 4.92. The molecule has 1 aromatic carbocycles. The van der Waals surface area contributed by atoms with Crippen LogP contribution in [0.5, 0.6) is 0 Å². The highest BCUT2D eigenvalue weighted by Gasteiger charge is 2.33. The summed E-state index contributed by atoms with van der Waals surface area (Å²) in [5, 5.41) is 10.8. The first-order valence-corrected chi connectivity index (χ1v) is 5.69. The van der Waals surface area contributed by atoms with Crippen LogP contribution in [0.25, 0.3) is 0 Å². The van der Waals surface area contributed by atoms with E-state index in [0.717, 1.165) is 0 Å². The van der Waals surface area contributed by atoms with Crippen LogP contribution >= 0.6 is 11.6 Å². The number of hydrogen-bond donors (Lipinski definition) is 2. The van der Waals surface area contributed by atoms with E-state index in [-0.39, 0.29) is 18.2 Å². The largest absolute Gasteiger partial charge is 0.460 e. The van der Waals surface area contributed by atoms with E-state index < -0.39 is 11.9 Å². The van der Waals surface area contributed by atoms with Gasteiger partial charge >= 0.3 is 5.97 Å². The number of hydrogen-bond acceptors (Lipinski definition) is 4. The average Bonchev–Trinajstić information content (AvgIpc) is 2.62. The number of ether oxygens (including phenoxy) is 1. The predicted octanol–water partition coefficient (Wildman–Crippen LogP) is 1.96. The zero-order valence-corrected chi connectivity index (χ0v) is 10.4. The fourth-order valence-electron chi connectivity index (χ4n) is 1.83. The van der Waals surface area contributed by atoms with Gasteiger partial charge in [-0.1, -0.05) is 11.6 Å². The van der Waals surface area contributed by atoms with Crippen LogP contribution in [0.2, 0.25) is 5.02 Å². The highest BCUT2D eigenvalue weighted by atomic mass is 35.5. The Balaban J connectivity index is 2.42. The van der Waals surface area contributed by atoms with Gasteiger partial charge in [0.25, 0.3) is 0 Å². The normalized spacial score (nSPS) is 18.7. The van der Waals surface area contributed by atoms with Crippen molar-refractivity contribution in [1.29, 1.82) is 5.41 Å². The summed E-state index contributed by atoms with van der Waals surface area (Å²) < 4.78 is 4.81. The molecule has 1 heterocycles. The van der Waals surface area contributed by atoms with Gasteiger partial charge in [0, 0.05) is 17.6 Å². The first-order chi connectivity index (χ1) is 8.49. The fraction of sp³-hybridized carbons (Fsp3) is 0.250. The van der Waals surface area contributed by atoms with Gasteiger partial charge in [-0.3, -0.25) is 10.2 Å². The van der Waals surface area contributed by atoms with E-state index in [2.05, 4.69) is 5.32 Å². The molecule has 1 fully saturated rings. The molecule has 2 rings (SSSR count). The zero-order chi connectivity index (χ0) is 13.3. The lowest BCUT2D eigenvalue weighted by Gasteiger charge is -2.14. The van der Waals surface area contributed by atoms with E-state index in [1.807, 2.05) is 0 Å². The molecule has 1 saturated heterocycles. The fourth-order valence-corrected chi connectivity index (χ4v) is 2.01. The maximum absolute atomic E-state index is 11.2. The third-order valence-corrected chi connectivity index (χ3v) is 2.88. The van der Waals surface area contributed by atoms with E-state index in [1.165, 1.54) is 6.92 Å². The third-order valence-electron chi connectivity index (χ3n) is 2.65. The van der Waals surface area contributed by atoms with Crippen LogP contribution in [0, 0.1) is 5.41 Å². The van der Waals surface area contributed by atoms with Gasteiger partial charge in [-0.15, -0.1) is 0 Å².